The molecule has 1 aromatic rings. The Morgan fingerprint density at radius 2 is 1.88 bits per heavy atom. The summed E-state index contributed by atoms with van der Waals surface area (Å²) < 4.78 is 5.94. The molecule has 3 rings (SSSR count). The molecule has 1 spiro atoms. The molecule has 0 radical (unpaired) electrons. The van der Waals surface area contributed by atoms with E-state index in [0.717, 1.165) is 18.5 Å². The van der Waals surface area contributed by atoms with Crippen LogP contribution in [0.4, 0.5) is 5.69 Å². The molecule has 2 aliphatic rings. The minimum absolute atomic E-state index is 0.00191. The standard InChI is InChI=1S/C18H25N3O3/c1-19(2)12-16(22)20-10-8-18(9-11-20)14-21(17(23)13-24-18)15-6-4-3-5-7-15/h3-7H,8-14H2,1-2H3. The van der Waals surface area contributed by atoms with Gasteiger partial charge >= 0.3 is 0 Å². The zero-order chi connectivity index (χ0) is 17.2. The van der Waals surface area contributed by atoms with E-state index in [1.165, 1.54) is 0 Å². The first-order valence-corrected chi connectivity index (χ1v) is 8.41. The number of likely N-dealkylation sites (N-methyl/N-ethyl adjacent to an activating group) is 1. The average Bonchev–Trinajstić information content (AvgIpc) is 2.58. The summed E-state index contributed by atoms with van der Waals surface area (Å²) in [5.74, 6) is 0.152. The lowest BCUT2D eigenvalue weighted by Crippen LogP contribution is -2.59. The number of hydrogen-bond donors (Lipinski definition) is 0. The van der Waals surface area contributed by atoms with Crippen LogP contribution in [-0.4, -0.2) is 74.1 Å². The van der Waals surface area contributed by atoms with Crippen LogP contribution in [-0.2, 0) is 14.3 Å². The van der Waals surface area contributed by atoms with Gasteiger partial charge in [-0.05, 0) is 39.1 Å². The molecule has 2 aliphatic heterocycles. The number of anilines is 1. The van der Waals surface area contributed by atoms with Crippen molar-refractivity contribution >= 4 is 17.5 Å². The number of para-hydroxylation sites is 1. The van der Waals surface area contributed by atoms with Crippen LogP contribution in [0.1, 0.15) is 12.8 Å². The molecule has 0 saturated carbocycles. The summed E-state index contributed by atoms with van der Waals surface area (Å²) in [6.45, 7) is 2.47. The summed E-state index contributed by atoms with van der Waals surface area (Å²) in [5.41, 5.74) is 0.579. The topological polar surface area (TPSA) is 53.1 Å². The van der Waals surface area contributed by atoms with Crippen molar-refractivity contribution in [1.82, 2.24) is 9.80 Å². The Morgan fingerprint density at radius 1 is 1.21 bits per heavy atom. The first-order chi connectivity index (χ1) is 11.5. The van der Waals surface area contributed by atoms with E-state index >= 15 is 0 Å². The number of likely N-dealkylation sites (tertiary alicyclic amines) is 1. The quantitative estimate of drug-likeness (QED) is 0.828. The van der Waals surface area contributed by atoms with Gasteiger partial charge in [-0.25, -0.2) is 0 Å². The van der Waals surface area contributed by atoms with Crippen molar-refractivity contribution in [2.45, 2.75) is 18.4 Å². The Hall–Kier alpha value is -1.92. The highest BCUT2D eigenvalue weighted by Crippen LogP contribution is 2.32. The fourth-order valence-corrected chi connectivity index (χ4v) is 3.39. The Balaban J connectivity index is 1.65. The third-order valence-corrected chi connectivity index (χ3v) is 4.80. The van der Waals surface area contributed by atoms with Gasteiger partial charge in [0.15, 0.2) is 0 Å². The number of hydrogen-bond acceptors (Lipinski definition) is 4. The van der Waals surface area contributed by atoms with Crippen LogP contribution in [0.2, 0.25) is 0 Å². The molecule has 0 N–H and O–H groups in total. The summed E-state index contributed by atoms with van der Waals surface area (Å²) in [7, 11) is 3.80. The fourth-order valence-electron chi connectivity index (χ4n) is 3.39. The molecular formula is C18H25N3O3. The number of amides is 2. The number of piperidine rings is 1. The maximum Gasteiger partial charge on any atom is 0.253 e. The van der Waals surface area contributed by atoms with Gasteiger partial charge in [-0.15, -0.1) is 0 Å². The third kappa shape index (κ3) is 3.60. The van der Waals surface area contributed by atoms with Crippen LogP contribution in [0.5, 0.6) is 0 Å². The number of rotatable bonds is 3. The molecule has 1 aromatic carbocycles. The smallest absolute Gasteiger partial charge is 0.253 e. The van der Waals surface area contributed by atoms with Crippen LogP contribution >= 0.6 is 0 Å². The van der Waals surface area contributed by atoms with Gasteiger partial charge in [-0.2, -0.15) is 0 Å². The maximum absolute atomic E-state index is 12.2. The first kappa shape index (κ1) is 16.9. The molecule has 2 fully saturated rings. The van der Waals surface area contributed by atoms with Crippen molar-refractivity contribution in [2.24, 2.45) is 0 Å². The van der Waals surface area contributed by atoms with Gasteiger partial charge in [0.1, 0.15) is 6.61 Å². The fraction of sp³-hybridized carbons (Fsp3) is 0.556. The van der Waals surface area contributed by atoms with Gasteiger partial charge < -0.3 is 19.4 Å². The molecule has 0 bridgehead atoms. The number of nitrogens with zero attached hydrogens (tertiary/aromatic N) is 3. The minimum Gasteiger partial charge on any atom is -0.363 e. The van der Waals surface area contributed by atoms with Crippen molar-refractivity contribution in [1.29, 1.82) is 0 Å². The summed E-state index contributed by atoms with van der Waals surface area (Å²) in [5, 5.41) is 0. The van der Waals surface area contributed by atoms with Crippen molar-refractivity contribution in [3.63, 3.8) is 0 Å². The Labute approximate surface area is 143 Å². The predicted octanol–water partition coefficient (Wildman–Crippen LogP) is 0.973. The molecule has 0 aromatic heterocycles. The van der Waals surface area contributed by atoms with Crippen molar-refractivity contribution < 1.29 is 14.3 Å². The molecule has 0 unspecified atom stereocenters. The average molecular weight is 331 g/mol. The number of benzene rings is 1. The molecule has 2 heterocycles. The van der Waals surface area contributed by atoms with E-state index < -0.39 is 0 Å². The second kappa shape index (κ2) is 6.91. The number of ether oxygens (including phenoxy) is 1. The molecule has 6 heteroatoms. The highest BCUT2D eigenvalue weighted by atomic mass is 16.5. The van der Waals surface area contributed by atoms with Gasteiger partial charge in [0.2, 0.25) is 5.91 Å². The third-order valence-electron chi connectivity index (χ3n) is 4.80. The van der Waals surface area contributed by atoms with Gasteiger partial charge in [0.25, 0.3) is 5.91 Å². The zero-order valence-corrected chi connectivity index (χ0v) is 14.4. The molecule has 130 valence electrons. The Kier molecular flexibility index (Phi) is 4.87. The lowest BCUT2D eigenvalue weighted by molar-refractivity contribution is -0.150. The summed E-state index contributed by atoms with van der Waals surface area (Å²) >= 11 is 0. The molecule has 0 aliphatic carbocycles. The first-order valence-electron chi connectivity index (χ1n) is 8.41. The van der Waals surface area contributed by atoms with Gasteiger partial charge in [-0.1, -0.05) is 18.2 Å². The van der Waals surface area contributed by atoms with E-state index in [9.17, 15) is 9.59 Å². The second-order valence-corrected chi connectivity index (χ2v) is 6.91. The highest BCUT2D eigenvalue weighted by molar-refractivity contribution is 5.95. The minimum atomic E-state index is -0.335. The lowest BCUT2D eigenvalue weighted by atomic mass is 9.89. The predicted molar refractivity (Wildman–Crippen MR) is 91.8 cm³/mol. The van der Waals surface area contributed by atoms with Crippen molar-refractivity contribution in [3.05, 3.63) is 30.3 Å². The van der Waals surface area contributed by atoms with Crippen LogP contribution in [0.15, 0.2) is 30.3 Å². The van der Waals surface area contributed by atoms with Crippen LogP contribution < -0.4 is 4.90 Å². The van der Waals surface area contributed by atoms with Gasteiger partial charge in [-0.3, -0.25) is 9.59 Å². The molecule has 24 heavy (non-hydrogen) atoms. The Morgan fingerprint density at radius 3 is 2.50 bits per heavy atom. The van der Waals surface area contributed by atoms with E-state index in [1.807, 2.05) is 59.1 Å². The van der Waals surface area contributed by atoms with Gasteiger partial charge in [0.05, 0.1) is 18.7 Å². The zero-order valence-electron chi connectivity index (χ0n) is 14.4. The van der Waals surface area contributed by atoms with E-state index in [2.05, 4.69) is 0 Å². The Bertz CT molecular complexity index is 595. The van der Waals surface area contributed by atoms with E-state index in [-0.39, 0.29) is 24.0 Å². The van der Waals surface area contributed by atoms with Crippen molar-refractivity contribution in [2.75, 3.05) is 51.8 Å². The lowest BCUT2D eigenvalue weighted by Gasteiger charge is -2.47. The summed E-state index contributed by atoms with van der Waals surface area (Å²) in [4.78, 5) is 30.1. The van der Waals surface area contributed by atoms with Crippen molar-refractivity contribution in [3.8, 4) is 0 Å². The molecule has 2 saturated heterocycles. The van der Waals surface area contributed by atoms with Crippen LogP contribution in [0.3, 0.4) is 0 Å². The van der Waals surface area contributed by atoms with E-state index in [0.29, 0.717) is 26.2 Å². The normalized spacial score (nSPS) is 20.7. The van der Waals surface area contributed by atoms with E-state index in [1.54, 1.807) is 0 Å². The maximum atomic E-state index is 12.2. The second-order valence-electron chi connectivity index (χ2n) is 6.91. The molecule has 2 amide bonds. The summed E-state index contributed by atoms with van der Waals surface area (Å²) in [6.07, 6.45) is 1.53. The largest absolute Gasteiger partial charge is 0.363 e. The molecule has 0 atom stereocenters. The number of morpholine rings is 1. The van der Waals surface area contributed by atoms with E-state index in [4.69, 9.17) is 4.74 Å². The van der Waals surface area contributed by atoms with Gasteiger partial charge in [0, 0.05) is 18.8 Å². The highest BCUT2D eigenvalue weighted by Gasteiger charge is 2.43. The SMILES string of the molecule is CN(C)CC(=O)N1CCC2(CC1)CN(c1ccccc1)C(=O)CO2. The van der Waals surface area contributed by atoms with Crippen LogP contribution in [0.25, 0.3) is 0 Å². The number of carbonyl (C=O) groups excluding carboxylic acids is 2. The monoisotopic (exact) mass is 331 g/mol. The molecular weight excluding hydrogens is 306 g/mol. The molecule has 6 nitrogen and oxygen atoms in total. The van der Waals surface area contributed by atoms with Crippen LogP contribution in [0, 0.1) is 0 Å². The summed E-state index contributed by atoms with van der Waals surface area (Å²) in [6, 6.07) is 9.72. The number of carbonyl (C=O) groups is 2.